The van der Waals surface area contributed by atoms with E-state index in [0.29, 0.717) is 0 Å². The van der Waals surface area contributed by atoms with Crippen LogP contribution in [0.4, 0.5) is 10.8 Å². The van der Waals surface area contributed by atoms with Gasteiger partial charge in [-0.2, -0.15) is 0 Å². The summed E-state index contributed by atoms with van der Waals surface area (Å²) in [5, 5.41) is 4.28. The average molecular weight is 334 g/mol. The summed E-state index contributed by atoms with van der Waals surface area (Å²) >= 11 is 8.39. The van der Waals surface area contributed by atoms with Crippen molar-refractivity contribution < 1.29 is 0 Å². The molecule has 2 heterocycles. The van der Waals surface area contributed by atoms with Crippen LogP contribution in [-0.4, -0.2) is 4.98 Å². The number of pyridine rings is 1. The van der Waals surface area contributed by atoms with Crippen molar-refractivity contribution >= 4 is 54.0 Å². The molecule has 0 saturated carbocycles. The predicted molar refractivity (Wildman–Crippen MR) is 67.2 cm³/mol. The van der Waals surface area contributed by atoms with Crippen molar-refractivity contribution in [2.75, 3.05) is 5.32 Å². The minimum absolute atomic E-state index is 0.850. The lowest BCUT2D eigenvalue weighted by molar-refractivity contribution is 1.30. The number of anilines is 2. The Balaban J connectivity index is 2.15. The molecular formula is C9H6Br2N2S. The highest BCUT2D eigenvalue weighted by molar-refractivity contribution is 9.11. The van der Waals surface area contributed by atoms with Gasteiger partial charge in [0.25, 0.3) is 0 Å². The van der Waals surface area contributed by atoms with Crippen LogP contribution in [0.1, 0.15) is 0 Å². The minimum Gasteiger partial charge on any atom is -0.332 e. The summed E-state index contributed by atoms with van der Waals surface area (Å²) in [4.78, 5) is 4.22. The van der Waals surface area contributed by atoms with E-state index >= 15 is 0 Å². The van der Waals surface area contributed by atoms with Crippen LogP contribution in [0, 0.1) is 0 Å². The molecule has 72 valence electrons. The topological polar surface area (TPSA) is 24.9 Å². The van der Waals surface area contributed by atoms with Gasteiger partial charge in [0, 0.05) is 10.7 Å². The minimum atomic E-state index is 0.850. The van der Waals surface area contributed by atoms with Gasteiger partial charge in [0.2, 0.25) is 0 Å². The third-order valence-corrected chi connectivity index (χ3v) is 3.56. The number of thiophene rings is 1. The molecule has 0 spiro atoms. The number of hydrogen-bond donors (Lipinski definition) is 1. The summed E-state index contributed by atoms with van der Waals surface area (Å²) in [6.07, 6.45) is 1.77. The number of halogens is 2. The van der Waals surface area contributed by atoms with Crippen molar-refractivity contribution in [3.05, 3.63) is 38.7 Å². The molecule has 5 heteroatoms. The number of aromatic nitrogens is 1. The second kappa shape index (κ2) is 4.42. The fourth-order valence-electron chi connectivity index (χ4n) is 0.957. The molecule has 14 heavy (non-hydrogen) atoms. The Kier molecular flexibility index (Phi) is 3.20. The van der Waals surface area contributed by atoms with Crippen LogP contribution in [0.2, 0.25) is 0 Å². The first-order valence-corrected chi connectivity index (χ1v) is 6.28. The van der Waals surface area contributed by atoms with Crippen molar-refractivity contribution in [2.45, 2.75) is 0 Å². The lowest BCUT2D eigenvalue weighted by Gasteiger charge is -2.01. The highest BCUT2D eigenvalue weighted by atomic mass is 79.9. The number of nitrogens with one attached hydrogen (secondary N) is 1. The summed E-state index contributed by atoms with van der Waals surface area (Å²) in [6, 6.07) is 7.90. The molecule has 0 saturated heterocycles. The molecule has 0 aliphatic heterocycles. The van der Waals surface area contributed by atoms with Crippen LogP contribution in [0.3, 0.4) is 0 Å². The second-order valence-corrected chi connectivity index (χ2v) is 5.97. The van der Waals surface area contributed by atoms with Crippen LogP contribution in [-0.2, 0) is 0 Å². The summed E-state index contributed by atoms with van der Waals surface area (Å²) in [5.74, 6) is 0.850. The third-order valence-electron chi connectivity index (χ3n) is 1.55. The van der Waals surface area contributed by atoms with E-state index in [-0.39, 0.29) is 0 Å². The van der Waals surface area contributed by atoms with Crippen molar-refractivity contribution in [1.82, 2.24) is 4.98 Å². The zero-order chi connectivity index (χ0) is 9.97. The average Bonchev–Trinajstić information content (AvgIpc) is 2.56. The van der Waals surface area contributed by atoms with Gasteiger partial charge in [-0.1, -0.05) is 0 Å². The van der Waals surface area contributed by atoms with Crippen molar-refractivity contribution in [3.8, 4) is 0 Å². The largest absolute Gasteiger partial charge is 0.332 e. The van der Waals surface area contributed by atoms with Gasteiger partial charge in [-0.3, -0.25) is 0 Å². The molecule has 0 aromatic carbocycles. The summed E-state index contributed by atoms with van der Waals surface area (Å²) in [7, 11) is 0. The van der Waals surface area contributed by atoms with E-state index in [2.05, 4.69) is 42.2 Å². The van der Waals surface area contributed by atoms with Crippen molar-refractivity contribution in [2.24, 2.45) is 0 Å². The Morgan fingerprint density at radius 1 is 1.14 bits per heavy atom. The molecule has 2 aromatic rings. The van der Waals surface area contributed by atoms with Gasteiger partial charge in [-0.15, -0.1) is 11.3 Å². The van der Waals surface area contributed by atoms with E-state index in [9.17, 15) is 0 Å². The first kappa shape index (κ1) is 10.1. The van der Waals surface area contributed by atoms with E-state index < -0.39 is 0 Å². The normalized spacial score (nSPS) is 10.1. The van der Waals surface area contributed by atoms with Gasteiger partial charge in [0.15, 0.2) is 0 Å². The maximum atomic E-state index is 4.22. The van der Waals surface area contributed by atoms with E-state index in [1.807, 2.05) is 24.3 Å². The molecule has 2 nitrogen and oxygen atoms in total. The fraction of sp³-hybridized carbons (Fsp3) is 0. The van der Waals surface area contributed by atoms with E-state index in [1.165, 1.54) is 0 Å². The van der Waals surface area contributed by atoms with Crippen molar-refractivity contribution in [1.29, 1.82) is 0 Å². The van der Waals surface area contributed by atoms with Crippen LogP contribution in [0.5, 0.6) is 0 Å². The van der Waals surface area contributed by atoms with Gasteiger partial charge in [-0.05, 0) is 56.1 Å². The molecule has 0 fully saturated rings. The molecule has 2 rings (SSSR count). The highest BCUT2D eigenvalue weighted by Gasteiger charge is 1.98. The summed E-state index contributed by atoms with van der Waals surface area (Å²) in [6.45, 7) is 0. The molecule has 0 aliphatic carbocycles. The van der Waals surface area contributed by atoms with Gasteiger partial charge < -0.3 is 5.32 Å². The molecule has 0 radical (unpaired) electrons. The van der Waals surface area contributed by atoms with Crippen LogP contribution in [0.25, 0.3) is 0 Å². The maximum Gasteiger partial charge on any atom is 0.130 e. The maximum absolute atomic E-state index is 4.22. The Morgan fingerprint density at radius 2 is 2.00 bits per heavy atom. The van der Waals surface area contributed by atoms with Gasteiger partial charge in [-0.25, -0.2) is 4.98 Å². The molecule has 0 atom stereocenters. The number of rotatable bonds is 2. The van der Waals surface area contributed by atoms with Crippen molar-refractivity contribution in [3.63, 3.8) is 0 Å². The van der Waals surface area contributed by atoms with Crippen LogP contribution < -0.4 is 5.32 Å². The number of hydrogen-bond acceptors (Lipinski definition) is 3. The van der Waals surface area contributed by atoms with E-state index in [1.54, 1.807) is 17.5 Å². The first-order valence-electron chi connectivity index (χ1n) is 3.88. The number of nitrogens with zero attached hydrogens (tertiary/aromatic N) is 1. The Labute approximate surface area is 103 Å². The molecule has 2 aromatic heterocycles. The molecule has 1 N–H and O–H groups in total. The monoisotopic (exact) mass is 332 g/mol. The lowest BCUT2D eigenvalue weighted by Crippen LogP contribution is -1.89. The predicted octanol–water partition coefficient (Wildman–Crippen LogP) is 4.41. The zero-order valence-corrected chi connectivity index (χ0v) is 11.0. The molecule has 0 unspecified atom stereocenters. The molecular weight excluding hydrogens is 328 g/mol. The SMILES string of the molecule is Brc1ccc(Nc2ccc(Br)s2)nc1. The summed E-state index contributed by atoms with van der Waals surface area (Å²) in [5.41, 5.74) is 0. The molecule has 0 amide bonds. The Hall–Kier alpha value is -0.390. The Bertz CT molecular complexity index is 425. The zero-order valence-electron chi connectivity index (χ0n) is 7.00. The first-order chi connectivity index (χ1) is 6.74. The smallest absolute Gasteiger partial charge is 0.130 e. The second-order valence-electron chi connectivity index (χ2n) is 2.59. The van der Waals surface area contributed by atoms with Crippen LogP contribution in [0.15, 0.2) is 38.7 Å². The molecule has 0 bridgehead atoms. The molecule has 0 aliphatic rings. The van der Waals surface area contributed by atoms with Gasteiger partial charge in [0.05, 0.1) is 8.79 Å². The van der Waals surface area contributed by atoms with Crippen LogP contribution >= 0.6 is 43.2 Å². The highest BCUT2D eigenvalue weighted by Crippen LogP contribution is 2.28. The van der Waals surface area contributed by atoms with E-state index in [4.69, 9.17) is 0 Å². The third kappa shape index (κ3) is 2.56. The fourth-order valence-corrected chi connectivity index (χ4v) is 2.49. The van der Waals surface area contributed by atoms with Gasteiger partial charge >= 0.3 is 0 Å². The Morgan fingerprint density at radius 3 is 2.57 bits per heavy atom. The van der Waals surface area contributed by atoms with E-state index in [0.717, 1.165) is 19.1 Å². The summed E-state index contributed by atoms with van der Waals surface area (Å²) < 4.78 is 2.09. The standard InChI is InChI=1S/C9H6Br2N2S/c10-6-1-3-8(12-5-6)13-9-4-2-7(11)14-9/h1-5H,(H,12,13). The van der Waals surface area contributed by atoms with Gasteiger partial charge in [0.1, 0.15) is 5.82 Å². The quantitative estimate of drug-likeness (QED) is 0.880. The lowest BCUT2D eigenvalue weighted by atomic mass is 10.4.